The highest BCUT2D eigenvalue weighted by Crippen LogP contribution is 2.20. The van der Waals surface area contributed by atoms with Gasteiger partial charge in [0.25, 0.3) is 0 Å². The van der Waals surface area contributed by atoms with E-state index >= 15 is 0 Å². The van der Waals surface area contributed by atoms with Gasteiger partial charge < -0.3 is 21.6 Å². The average Bonchev–Trinajstić information content (AvgIpc) is 2.40. The second kappa shape index (κ2) is 6.29. The summed E-state index contributed by atoms with van der Waals surface area (Å²) >= 11 is 5.93. The summed E-state index contributed by atoms with van der Waals surface area (Å²) < 4.78 is 0. The van der Waals surface area contributed by atoms with Gasteiger partial charge in [-0.05, 0) is 25.5 Å². The van der Waals surface area contributed by atoms with Crippen molar-refractivity contribution >= 4 is 29.2 Å². The van der Waals surface area contributed by atoms with Crippen molar-refractivity contribution in [2.45, 2.75) is 25.8 Å². The Morgan fingerprint density at radius 1 is 1.53 bits per heavy atom. The van der Waals surface area contributed by atoms with Gasteiger partial charge in [-0.25, -0.2) is 4.79 Å². The van der Waals surface area contributed by atoms with Crippen LogP contribution in [-0.4, -0.2) is 22.6 Å². The monoisotopic (exact) mass is 284 g/mol. The van der Waals surface area contributed by atoms with Crippen molar-refractivity contribution in [1.29, 1.82) is 0 Å². The van der Waals surface area contributed by atoms with Crippen LogP contribution in [0.15, 0.2) is 29.4 Å². The number of hydrogen-bond acceptors (Lipinski definition) is 3. The van der Waals surface area contributed by atoms with Gasteiger partial charge in [0, 0.05) is 0 Å². The van der Waals surface area contributed by atoms with Crippen molar-refractivity contribution in [2.24, 2.45) is 10.9 Å². The van der Waals surface area contributed by atoms with Gasteiger partial charge in [0.1, 0.15) is 0 Å². The van der Waals surface area contributed by atoms with Gasteiger partial charge in [0.05, 0.1) is 16.2 Å². The number of nitrogens with two attached hydrogens (primary N) is 1. The van der Waals surface area contributed by atoms with Crippen LogP contribution in [0.2, 0.25) is 5.02 Å². The molecule has 0 fully saturated rings. The van der Waals surface area contributed by atoms with E-state index in [1.54, 1.807) is 31.2 Å². The van der Waals surface area contributed by atoms with Gasteiger partial charge >= 0.3 is 6.03 Å². The number of carbonyl (C=O) groups is 1. The lowest BCUT2D eigenvalue weighted by Crippen LogP contribution is -2.56. The molecule has 0 saturated heterocycles. The number of oxime groups is 1. The summed E-state index contributed by atoms with van der Waals surface area (Å²) in [5, 5.41) is 17.3. The van der Waals surface area contributed by atoms with Gasteiger partial charge in [-0.15, -0.1) is 0 Å². The van der Waals surface area contributed by atoms with Crippen molar-refractivity contribution < 1.29 is 10.0 Å². The predicted octanol–water partition coefficient (Wildman–Crippen LogP) is 2.38. The zero-order valence-corrected chi connectivity index (χ0v) is 11.5. The molecule has 104 valence electrons. The standard InChI is InChI=1S/C12H17ClN4O2/c1-3-12(2,10(14)17-19)16-11(18)15-9-7-5-4-6-8(9)13/h4-7,19H,3H2,1-2H3,(H2,14,17)(H2,15,16,18). The molecule has 0 spiro atoms. The quantitative estimate of drug-likeness (QED) is 0.295. The molecular formula is C12H17ClN4O2. The van der Waals surface area contributed by atoms with Crippen molar-refractivity contribution in [1.82, 2.24) is 5.32 Å². The van der Waals surface area contributed by atoms with Crippen molar-refractivity contribution in [2.75, 3.05) is 5.32 Å². The normalized spacial score (nSPS) is 14.6. The first-order chi connectivity index (χ1) is 8.92. The van der Waals surface area contributed by atoms with Gasteiger partial charge in [-0.2, -0.15) is 0 Å². The maximum absolute atomic E-state index is 11.9. The minimum Gasteiger partial charge on any atom is -0.409 e. The van der Waals surface area contributed by atoms with Crippen LogP contribution in [0.4, 0.5) is 10.5 Å². The highest BCUT2D eigenvalue weighted by molar-refractivity contribution is 6.33. The largest absolute Gasteiger partial charge is 0.409 e. The van der Waals surface area contributed by atoms with Crippen molar-refractivity contribution in [3.8, 4) is 0 Å². The summed E-state index contributed by atoms with van der Waals surface area (Å²) in [5.74, 6) is -0.0655. The molecule has 7 heteroatoms. The number of anilines is 1. The third-order valence-corrected chi connectivity index (χ3v) is 3.22. The van der Waals surface area contributed by atoms with E-state index in [1.165, 1.54) is 0 Å². The highest BCUT2D eigenvalue weighted by atomic mass is 35.5. The average molecular weight is 285 g/mol. The lowest BCUT2D eigenvalue weighted by molar-refractivity contribution is 0.244. The highest BCUT2D eigenvalue weighted by Gasteiger charge is 2.29. The molecule has 0 aliphatic heterocycles. The Labute approximate surface area is 116 Å². The van der Waals surface area contributed by atoms with Gasteiger partial charge in [0.2, 0.25) is 0 Å². The summed E-state index contributed by atoms with van der Waals surface area (Å²) in [4.78, 5) is 11.9. The molecule has 19 heavy (non-hydrogen) atoms. The minimum atomic E-state index is -0.930. The van der Waals surface area contributed by atoms with Crippen LogP contribution >= 0.6 is 11.6 Å². The van der Waals surface area contributed by atoms with Gasteiger partial charge in [-0.3, -0.25) is 0 Å². The first-order valence-electron chi connectivity index (χ1n) is 5.74. The predicted molar refractivity (Wildman–Crippen MR) is 75.7 cm³/mol. The third-order valence-electron chi connectivity index (χ3n) is 2.89. The van der Waals surface area contributed by atoms with E-state index < -0.39 is 11.6 Å². The molecule has 1 unspecified atom stereocenters. The summed E-state index contributed by atoms with van der Waals surface area (Å²) in [6, 6.07) is 6.38. The number of benzene rings is 1. The number of para-hydroxylation sites is 1. The van der Waals surface area contributed by atoms with E-state index in [0.29, 0.717) is 17.1 Å². The summed E-state index contributed by atoms with van der Waals surface area (Å²) in [7, 11) is 0. The van der Waals surface area contributed by atoms with Crippen LogP contribution in [-0.2, 0) is 0 Å². The fourth-order valence-electron chi connectivity index (χ4n) is 1.41. The van der Waals surface area contributed by atoms with Gasteiger partial charge in [0.15, 0.2) is 5.84 Å². The fourth-order valence-corrected chi connectivity index (χ4v) is 1.59. The minimum absolute atomic E-state index is 0.0655. The fraction of sp³-hybridized carbons (Fsp3) is 0.333. The van der Waals surface area contributed by atoms with E-state index in [9.17, 15) is 4.79 Å². The second-order valence-corrected chi connectivity index (χ2v) is 4.64. The number of urea groups is 1. The first-order valence-corrected chi connectivity index (χ1v) is 6.12. The van der Waals surface area contributed by atoms with Crippen LogP contribution in [0.25, 0.3) is 0 Å². The van der Waals surface area contributed by atoms with Crippen LogP contribution in [0, 0.1) is 0 Å². The van der Waals surface area contributed by atoms with Crippen LogP contribution in [0.1, 0.15) is 20.3 Å². The number of nitrogens with zero attached hydrogens (tertiary/aromatic N) is 1. The lowest BCUT2D eigenvalue weighted by atomic mass is 9.98. The molecule has 0 bridgehead atoms. The Morgan fingerprint density at radius 3 is 2.68 bits per heavy atom. The zero-order chi connectivity index (χ0) is 14.5. The lowest BCUT2D eigenvalue weighted by Gasteiger charge is -2.28. The number of carbonyl (C=O) groups excluding carboxylic acids is 1. The van der Waals surface area contributed by atoms with E-state index in [4.69, 9.17) is 22.5 Å². The molecule has 0 aliphatic rings. The maximum Gasteiger partial charge on any atom is 0.320 e. The van der Waals surface area contributed by atoms with Crippen LogP contribution in [0.5, 0.6) is 0 Å². The number of nitrogens with one attached hydrogen (secondary N) is 2. The topological polar surface area (TPSA) is 99.7 Å². The van der Waals surface area contributed by atoms with E-state index in [2.05, 4.69) is 15.8 Å². The van der Waals surface area contributed by atoms with Crippen molar-refractivity contribution in [3.63, 3.8) is 0 Å². The molecule has 2 amide bonds. The van der Waals surface area contributed by atoms with E-state index in [-0.39, 0.29) is 5.84 Å². The molecule has 1 aromatic rings. The molecule has 0 heterocycles. The molecule has 0 radical (unpaired) electrons. The molecule has 1 aromatic carbocycles. The summed E-state index contributed by atoms with van der Waals surface area (Å²) in [5.41, 5.74) is 5.12. The summed E-state index contributed by atoms with van der Waals surface area (Å²) in [6.45, 7) is 3.47. The van der Waals surface area contributed by atoms with Crippen molar-refractivity contribution in [3.05, 3.63) is 29.3 Å². The molecular weight excluding hydrogens is 268 g/mol. The molecule has 6 nitrogen and oxygen atoms in total. The molecule has 0 aliphatic carbocycles. The molecule has 1 atom stereocenters. The summed E-state index contributed by atoms with van der Waals surface area (Å²) in [6.07, 6.45) is 0.471. The van der Waals surface area contributed by atoms with E-state index in [0.717, 1.165) is 0 Å². The van der Waals surface area contributed by atoms with E-state index in [1.807, 2.05) is 6.92 Å². The molecule has 5 N–H and O–H groups in total. The van der Waals surface area contributed by atoms with Crippen LogP contribution < -0.4 is 16.4 Å². The first kappa shape index (κ1) is 15.1. The zero-order valence-electron chi connectivity index (χ0n) is 10.8. The Hall–Kier alpha value is -1.95. The smallest absolute Gasteiger partial charge is 0.320 e. The molecule has 0 aromatic heterocycles. The third kappa shape index (κ3) is 3.75. The second-order valence-electron chi connectivity index (χ2n) is 4.23. The Kier molecular flexibility index (Phi) is 5.00. The number of hydrogen-bond donors (Lipinski definition) is 4. The number of halogens is 1. The Balaban J connectivity index is 2.78. The maximum atomic E-state index is 11.9. The number of rotatable bonds is 4. The van der Waals surface area contributed by atoms with Crippen LogP contribution in [0.3, 0.4) is 0 Å². The Bertz CT molecular complexity index is 492. The SMILES string of the molecule is CCC(C)(NC(=O)Nc1ccccc1Cl)/C(N)=N/O. The molecule has 0 saturated carbocycles. The Morgan fingerprint density at radius 2 is 2.16 bits per heavy atom. The van der Waals surface area contributed by atoms with Gasteiger partial charge in [-0.1, -0.05) is 35.8 Å². The number of amidine groups is 1. The molecule has 1 rings (SSSR count). The number of amides is 2.